The molecule has 0 saturated carbocycles. The van der Waals surface area contributed by atoms with Gasteiger partial charge in [0.1, 0.15) is 0 Å². The van der Waals surface area contributed by atoms with Gasteiger partial charge in [-0.15, -0.1) is 0 Å². The molecule has 2 heterocycles. The topological polar surface area (TPSA) is 64.1 Å². The van der Waals surface area contributed by atoms with Gasteiger partial charge in [-0.2, -0.15) is 0 Å². The Hall–Kier alpha value is -2.17. The minimum absolute atomic E-state index is 0.0792. The first-order valence-corrected chi connectivity index (χ1v) is 6.13. The smallest absolute Gasteiger partial charge is 0.0954 e. The van der Waals surface area contributed by atoms with E-state index in [2.05, 4.69) is 22.5 Å². The molecule has 1 aromatic carbocycles. The number of nitrogens with two attached hydrogens (primary N) is 1. The number of hydrazine groups is 1. The predicted octanol–water partition coefficient (Wildman–Crippen LogP) is 2.69. The first-order valence-electron chi connectivity index (χ1n) is 6.13. The molecule has 0 spiro atoms. The Morgan fingerprint density at radius 2 is 2.05 bits per heavy atom. The van der Waals surface area contributed by atoms with Gasteiger partial charge in [-0.3, -0.25) is 10.8 Å². The van der Waals surface area contributed by atoms with Crippen molar-refractivity contribution in [1.82, 2.24) is 10.4 Å². The molecule has 3 rings (SSSR count). The van der Waals surface area contributed by atoms with E-state index in [-0.39, 0.29) is 6.04 Å². The van der Waals surface area contributed by atoms with Crippen LogP contribution in [0.15, 0.2) is 53.3 Å². The van der Waals surface area contributed by atoms with Gasteiger partial charge >= 0.3 is 0 Å². The van der Waals surface area contributed by atoms with Gasteiger partial charge < -0.3 is 4.42 Å². The highest BCUT2D eigenvalue weighted by Gasteiger charge is 2.14. The fourth-order valence-corrected chi connectivity index (χ4v) is 2.25. The summed E-state index contributed by atoms with van der Waals surface area (Å²) in [6.07, 6.45) is 3.34. The van der Waals surface area contributed by atoms with Crippen LogP contribution in [-0.4, -0.2) is 4.98 Å². The van der Waals surface area contributed by atoms with E-state index >= 15 is 0 Å². The van der Waals surface area contributed by atoms with Crippen LogP contribution < -0.4 is 11.3 Å². The maximum absolute atomic E-state index is 5.66. The largest absolute Gasteiger partial charge is 0.472 e. The van der Waals surface area contributed by atoms with Gasteiger partial charge in [0.05, 0.1) is 24.1 Å². The number of aromatic nitrogens is 1. The maximum atomic E-state index is 5.66. The molecule has 0 radical (unpaired) electrons. The molecule has 0 aliphatic rings. The molecule has 19 heavy (non-hydrogen) atoms. The molecule has 4 nitrogen and oxygen atoms in total. The summed E-state index contributed by atoms with van der Waals surface area (Å²) in [7, 11) is 0. The Bertz CT molecular complexity index is 692. The summed E-state index contributed by atoms with van der Waals surface area (Å²) in [6.45, 7) is 1.99. The molecular weight excluding hydrogens is 238 g/mol. The van der Waals surface area contributed by atoms with E-state index < -0.39 is 0 Å². The number of pyridine rings is 1. The quantitative estimate of drug-likeness (QED) is 0.556. The zero-order chi connectivity index (χ0) is 13.2. The normalized spacial score (nSPS) is 12.7. The van der Waals surface area contributed by atoms with Crippen LogP contribution in [0.4, 0.5) is 0 Å². The van der Waals surface area contributed by atoms with Crippen LogP contribution in [0.1, 0.15) is 22.9 Å². The maximum Gasteiger partial charge on any atom is 0.0954 e. The van der Waals surface area contributed by atoms with Crippen LogP contribution in [0.2, 0.25) is 0 Å². The summed E-state index contributed by atoms with van der Waals surface area (Å²) in [4.78, 5) is 4.49. The van der Waals surface area contributed by atoms with Gasteiger partial charge in [-0.1, -0.05) is 12.1 Å². The molecule has 3 aromatic rings. The molecule has 1 atom stereocenters. The minimum Gasteiger partial charge on any atom is -0.472 e. The number of furan rings is 1. The summed E-state index contributed by atoms with van der Waals surface area (Å²) >= 11 is 0. The molecule has 4 heteroatoms. The highest BCUT2D eigenvalue weighted by atomic mass is 16.3. The molecule has 2 aromatic heterocycles. The predicted molar refractivity (Wildman–Crippen MR) is 74.4 cm³/mol. The van der Waals surface area contributed by atoms with Crippen molar-refractivity contribution in [3.8, 4) is 0 Å². The zero-order valence-corrected chi connectivity index (χ0v) is 10.6. The van der Waals surface area contributed by atoms with Crippen LogP contribution in [-0.2, 0) is 0 Å². The first kappa shape index (κ1) is 11.9. The molecule has 0 aliphatic heterocycles. The molecule has 0 amide bonds. The fraction of sp³-hybridized carbons (Fsp3) is 0.133. The van der Waals surface area contributed by atoms with E-state index in [1.807, 2.05) is 31.2 Å². The van der Waals surface area contributed by atoms with Crippen molar-refractivity contribution in [3.63, 3.8) is 0 Å². The van der Waals surface area contributed by atoms with Crippen molar-refractivity contribution in [2.45, 2.75) is 13.0 Å². The van der Waals surface area contributed by atoms with Gasteiger partial charge in [0, 0.05) is 16.6 Å². The lowest BCUT2D eigenvalue weighted by Gasteiger charge is -2.15. The molecule has 0 saturated heterocycles. The summed E-state index contributed by atoms with van der Waals surface area (Å²) in [5.74, 6) is 5.66. The zero-order valence-electron chi connectivity index (χ0n) is 10.6. The fourth-order valence-electron chi connectivity index (χ4n) is 2.25. The highest BCUT2D eigenvalue weighted by molar-refractivity contribution is 5.79. The number of hydrogen-bond acceptors (Lipinski definition) is 4. The number of aryl methyl sites for hydroxylation is 1. The lowest BCUT2D eigenvalue weighted by molar-refractivity contribution is 0.553. The van der Waals surface area contributed by atoms with Crippen LogP contribution in [0.5, 0.6) is 0 Å². The Labute approximate surface area is 111 Å². The lowest BCUT2D eigenvalue weighted by atomic mass is 10.00. The van der Waals surface area contributed by atoms with Crippen molar-refractivity contribution >= 4 is 10.9 Å². The monoisotopic (exact) mass is 253 g/mol. The second kappa shape index (κ2) is 4.84. The Morgan fingerprint density at radius 1 is 1.16 bits per heavy atom. The second-order valence-corrected chi connectivity index (χ2v) is 4.56. The molecule has 0 aliphatic carbocycles. The van der Waals surface area contributed by atoms with Gasteiger partial charge in [0.2, 0.25) is 0 Å². The van der Waals surface area contributed by atoms with Crippen molar-refractivity contribution in [2.24, 2.45) is 5.84 Å². The van der Waals surface area contributed by atoms with Crippen molar-refractivity contribution in [3.05, 3.63) is 65.7 Å². The van der Waals surface area contributed by atoms with E-state index in [0.29, 0.717) is 0 Å². The van der Waals surface area contributed by atoms with Crippen LogP contribution >= 0.6 is 0 Å². The third kappa shape index (κ3) is 2.23. The second-order valence-electron chi connectivity index (χ2n) is 4.56. The average Bonchev–Trinajstić information content (AvgIpc) is 2.93. The number of hydrogen-bond donors (Lipinski definition) is 2. The first-order chi connectivity index (χ1) is 9.28. The van der Waals surface area contributed by atoms with E-state index in [9.17, 15) is 0 Å². The van der Waals surface area contributed by atoms with Crippen LogP contribution in [0.3, 0.4) is 0 Å². The number of rotatable bonds is 3. The summed E-state index contributed by atoms with van der Waals surface area (Å²) in [5.41, 5.74) is 6.91. The average molecular weight is 253 g/mol. The Balaban J connectivity index is 2.07. The molecule has 3 N–H and O–H groups in total. The van der Waals surface area contributed by atoms with E-state index in [4.69, 9.17) is 10.3 Å². The Kier molecular flexibility index (Phi) is 3.03. The molecule has 1 unspecified atom stereocenters. The van der Waals surface area contributed by atoms with Gasteiger partial charge in [0.25, 0.3) is 0 Å². The van der Waals surface area contributed by atoms with Gasteiger partial charge in [-0.25, -0.2) is 5.43 Å². The number of nitrogens with one attached hydrogen (secondary N) is 1. The van der Waals surface area contributed by atoms with Crippen molar-refractivity contribution < 1.29 is 4.42 Å². The number of benzene rings is 1. The Morgan fingerprint density at radius 3 is 2.79 bits per heavy atom. The molecule has 0 bridgehead atoms. The third-order valence-corrected chi connectivity index (χ3v) is 3.23. The molecule has 96 valence electrons. The summed E-state index contributed by atoms with van der Waals surface area (Å²) in [6, 6.07) is 12.1. The van der Waals surface area contributed by atoms with Crippen molar-refractivity contribution in [1.29, 1.82) is 0 Å². The van der Waals surface area contributed by atoms with Crippen molar-refractivity contribution in [2.75, 3.05) is 0 Å². The molecule has 0 fully saturated rings. The van der Waals surface area contributed by atoms with E-state index in [1.54, 1.807) is 12.5 Å². The number of nitrogens with zero attached hydrogens (tertiary/aromatic N) is 1. The van der Waals surface area contributed by atoms with Gasteiger partial charge in [-0.05, 0) is 36.8 Å². The third-order valence-electron chi connectivity index (χ3n) is 3.23. The molecular formula is C15H15N3O. The highest BCUT2D eigenvalue weighted by Crippen LogP contribution is 2.24. The van der Waals surface area contributed by atoms with E-state index in [1.165, 1.54) is 0 Å². The van der Waals surface area contributed by atoms with Gasteiger partial charge in [0.15, 0.2) is 0 Å². The standard InChI is InChI=1S/C15H15N3O/c1-10-2-3-11-8-12(4-5-14(11)17-10)15(18-16)13-6-7-19-9-13/h2-9,15,18H,16H2,1H3. The summed E-state index contributed by atoms with van der Waals surface area (Å²) in [5, 5.41) is 1.10. The minimum atomic E-state index is -0.0792. The lowest BCUT2D eigenvalue weighted by Crippen LogP contribution is -2.28. The van der Waals surface area contributed by atoms with Crippen LogP contribution in [0.25, 0.3) is 10.9 Å². The SMILES string of the molecule is Cc1ccc2cc(C(NN)c3ccoc3)ccc2n1. The van der Waals surface area contributed by atoms with E-state index in [0.717, 1.165) is 27.7 Å². The summed E-state index contributed by atoms with van der Waals surface area (Å²) < 4.78 is 5.11. The number of fused-ring (bicyclic) bond motifs is 1. The van der Waals surface area contributed by atoms with Crippen LogP contribution in [0, 0.1) is 6.92 Å².